The SMILES string of the molecule is COc1ccc(-n2c(C)cc(CNC(=O)Nc3ccc(Br)c(C)c3)c2C)cc1. The third-order valence-electron chi connectivity index (χ3n) is 4.72. The van der Waals surface area contributed by atoms with Crippen molar-refractivity contribution in [3.05, 3.63) is 75.5 Å². The number of carbonyl (C=O) groups excluding carboxylic acids is 1. The second kappa shape index (κ2) is 8.52. The number of rotatable bonds is 5. The maximum Gasteiger partial charge on any atom is 0.319 e. The molecule has 0 aliphatic rings. The lowest BCUT2D eigenvalue weighted by Gasteiger charge is -2.12. The van der Waals surface area contributed by atoms with Crippen LogP contribution in [0.3, 0.4) is 0 Å². The molecule has 1 heterocycles. The maximum absolute atomic E-state index is 12.3. The third kappa shape index (κ3) is 4.39. The van der Waals surface area contributed by atoms with E-state index in [0.29, 0.717) is 6.54 Å². The molecule has 0 saturated heterocycles. The summed E-state index contributed by atoms with van der Waals surface area (Å²) in [5, 5.41) is 5.81. The number of hydrogen-bond acceptors (Lipinski definition) is 2. The Labute approximate surface area is 173 Å². The minimum Gasteiger partial charge on any atom is -0.497 e. The summed E-state index contributed by atoms with van der Waals surface area (Å²) < 4.78 is 8.42. The molecule has 0 unspecified atom stereocenters. The van der Waals surface area contributed by atoms with Gasteiger partial charge in [-0.25, -0.2) is 4.79 Å². The summed E-state index contributed by atoms with van der Waals surface area (Å²) in [5.41, 5.74) is 6.20. The van der Waals surface area contributed by atoms with Gasteiger partial charge in [0.2, 0.25) is 0 Å². The van der Waals surface area contributed by atoms with Crippen LogP contribution in [0, 0.1) is 20.8 Å². The van der Waals surface area contributed by atoms with Crippen molar-refractivity contribution in [3.8, 4) is 11.4 Å². The monoisotopic (exact) mass is 441 g/mol. The minimum atomic E-state index is -0.226. The molecule has 0 aliphatic heterocycles. The molecule has 3 rings (SSSR count). The van der Waals surface area contributed by atoms with Crippen molar-refractivity contribution in [1.29, 1.82) is 0 Å². The molecule has 0 radical (unpaired) electrons. The number of methoxy groups -OCH3 is 1. The van der Waals surface area contributed by atoms with E-state index in [9.17, 15) is 4.79 Å². The topological polar surface area (TPSA) is 55.3 Å². The Bertz CT molecular complexity index is 994. The molecular formula is C22H24BrN3O2. The number of aromatic nitrogens is 1. The van der Waals surface area contributed by atoms with Crippen molar-refractivity contribution in [2.24, 2.45) is 0 Å². The summed E-state index contributed by atoms with van der Waals surface area (Å²) >= 11 is 3.46. The average molecular weight is 442 g/mol. The molecule has 2 aromatic carbocycles. The molecule has 6 heteroatoms. The lowest BCUT2D eigenvalue weighted by atomic mass is 10.2. The third-order valence-corrected chi connectivity index (χ3v) is 5.61. The molecule has 1 aromatic heterocycles. The van der Waals surface area contributed by atoms with Gasteiger partial charge in [0.1, 0.15) is 5.75 Å². The summed E-state index contributed by atoms with van der Waals surface area (Å²) in [6.45, 7) is 6.56. The molecule has 0 bridgehead atoms. The largest absolute Gasteiger partial charge is 0.497 e. The first-order valence-electron chi connectivity index (χ1n) is 9.02. The van der Waals surface area contributed by atoms with E-state index in [-0.39, 0.29) is 6.03 Å². The molecule has 2 amide bonds. The zero-order valence-electron chi connectivity index (χ0n) is 16.5. The van der Waals surface area contributed by atoms with Gasteiger partial charge in [-0.2, -0.15) is 0 Å². The highest BCUT2D eigenvalue weighted by molar-refractivity contribution is 9.10. The molecule has 0 fully saturated rings. The van der Waals surface area contributed by atoms with Gasteiger partial charge in [-0.05, 0) is 80.4 Å². The minimum absolute atomic E-state index is 0.226. The quantitative estimate of drug-likeness (QED) is 0.549. The van der Waals surface area contributed by atoms with Gasteiger partial charge in [0.25, 0.3) is 0 Å². The van der Waals surface area contributed by atoms with E-state index >= 15 is 0 Å². The normalized spacial score (nSPS) is 10.6. The van der Waals surface area contributed by atoms with Crippen LogP contribution in [0.2, 0.25) is 0 Å². The van der Waals surface area contributed by atoms with E-state index in [1.807, 2.05) is 49.4 Å². The number of benzene rings is 2. The number of amides is 2. The van der Waals surface area contributed by atoms with Crippen LogP contribution in [0.15, 0.2) is 53.0 Å². The number of anilines is 1. The summed E-state index contributed by atoms with van der Waals surface area (Å²) in [5.74, 6) is 0.827. The first kappa shape index (κ1) is 20.0. The molecule has 2 N–H and O–H groups in total. The fraction of sp³-hybridized carbons (Fsp3) is 0.227. The zero-order chi connectivity index (χ0) is 20.3. The molecule has 28 heavy (non-hydrogen) atoms. The predicted octanol–water partition coefficient (Wildman–Crippen LogP) is 5.50. The van der Waals surface area contributed by atoms with Crippen LogP contribution >= 0.6 is 15.9 Å². The van der Waals surface area contributed by atoms with Gasteiger partial charge >= 0.3 is 6.03 Å². The van der Waals surface area contributed by atoms with Gasteiger partial charge in [-0.1, -0.05) is 15.9 Å². The van der Waals surface area contributed by atoms with Crippen LogP contribution in [0.4, 0.5) is 10.5 Å². The molecule has 146 valence electrons. The molecule has 0 atom stereocenters. The number of ether oxygens (including phenoxy) is 1. The smallest absolute Gasteiger partial charge is 0.319 e. The van der Waals surface area contributed by atoms with Crippen molar-refractivity contribution in [3.63, 3.8) is 0 Å². The predicted molar refractivity (Wildman–Crippen MR) is 117 cm³/mol. The highest BCUT2D eigenvalue weighted by Crippen LogP contribution is 2.23. The fourth-order valence-electron chi connectivity index (χ4n) is 3.21. The Hall–Kier alpha value is -2.73. The summed E-state index contributed by atoms with van der Waals surface area (Å²) in [4.78, 5) is 12.3. The van der Waals surface area contributed by atoms with Crippen molar-refractivity contribution in [2.45, 2.75) is 27.3 Å². The highest BCUT2D eigenvalue weighted by atomic mass is 79.9. The Kier molecular flexibility index (Phi) is 6.09. The fourth-order valence-corrected chi connectivity index (χ4v) is 3.46. The number of hydrogen-bond donors (Lipinski definition) is 2. The molecule has 3 aromatic rings. The zero-order valence-corrected chi connectivity index (χ0v) is 18.1. The van der Waals surface area contributed by atoms with Crippen LogP contribution in [0.5, 0.6) is 5.75 Å². The van der Waals surface area contributed by atoms with Gasteiger partial charge in [0, 0.05) is 33.8 Å². The van der Waals surface area contributed by atoms with Gasteiger partial charge in [-0.3, -0.25) is 0 Å². The molecule has 5 nitrogen and oxygen atoms in total. The van der Waals surface area contributed by atoms with Gasteiger partial charge < -0.3 is 19.9 Å². The number of aryl methyl sites for hydroxylation is 2. The number of nitrogens with zero attached hydrogens (tertiary/aromatic N) is 1. The number of urea groups is 1. The number of carbonyl (C=O) groups is 1. The maximum atomic E-state index is 12.3. The average Bonchev–Trinajstić information content (AvgIpc) is 2.96. The molecular weight excluding hydrogens is 418 g/mol. The Balaban J connectivity index is 1.69. The standard InChI is InChI=1S/C22H24BrN3O2/c1-14-11-18(5-10-21(14)23)25-22(27)24-13-17-12-15(2)26(16(17)3)19-6-8-20(28-4)9-7-19/h5-12H,13H2,1-4H3,(H2,24,25,27). The lowest BCUT2D eigenvalue weighted by molar-refractivity contribution is 0.251. The summed E-state index contributed by atoms with van der Waals surface area (Å²) in [6.07, 6.45) is 0. The Morgan fingerprint density at radius 1 is 1.07 bits per heavy atom. The van der Waals surface area contributed by atoms with Gasteiger partial charge in [0.05, 0.1) is 7.11 Å². The second-order valence-corrected chi connectivity index (χ2v) is 7.56. The van der Waals surface area contributed by atoms with Crippen LogP contribution in [-0.2, 0) is 6.54 Å². The Morgan fingerprint density at radius 2 is 1.79 bits per heavy atom. The van der Waals surface area contributed by atoms with E-state index < -0.39 is 0 Å². The lowest BCUT2D eigenvalue weighted by Crippen LogP contribution is -2.28. The molecule has 0 saturated carbocycles. The van der Waals surface area contributed by atoms with Crippen LogP contribution in [0.25, 0.3) is 5.69 Å². The van der Waals surface area contributed by atoms with Crippen molar-refractivity contribution >= 4 is 27.6 Å². The van der Waals surface area contributed by atoms with Crippen LogP contribution < -0.4 is 15.4 Å². The van der Waals surface area contributed by atoms with E-state index in [1.54, 1.807) is 7.11 Å². The highest BCUT2D eigenvalue weighted by Gasteiger charge is 2.12. The van der Waals surface area contributed by atoms with E-state index in [0.717, 1.165) is 44.1 Å². The van der Waals surface area contributed by atoms with E-state index in [1.165, 1.54) is 0 Å². The first-order valence-corrected chi connectivity index (χ1v) is 9.81. The van der Waals surface area contributed by atoms with Gasteiger partial charge in [-0.15, -0.1) is 0 Å². The van der Waals surface area contributed by atoms with E-state index in [4.69, 9.17) is 4.74 Å². The van der Waals surface area contributed by atoms with E-state index in [2.05, 4.69) is 51.0 Å². The van der Waals surface area contributed by atoms with Crippen LogP contribution in [-0.4, -0.2) is 17.7 Å². The molecule has 0 aliphatic carbocycles. The number of nitrogens with one attached hydrogen (secondary N) is 2. The Morgan fingerprint density at radius 3 is 2.43 bits per heavy atom. The van der Waals surface area contributed by atoms with Crippen molar-refractivity contribution < 1.29 is 9.53 Å². The first-order chi connectivity index (χ1) is 13.4. The van der Waals surface area contributed by atoms with Crippen molar-refractivity contribution in [1.82, 2.24) is 9.88 Å². The van der Waals surface area contributed by atoms with Crippen molar-refractivity contribution in [2.75, 3.05) is 12.4 Å². The molecule has 0 spiro atoms. The second-order valence-electron chi connectivity index (χ2n) is 6.70. The summed E-state index contributed by atoms with van der Waals surface area (Å²) in [6, 6.07) is 15.5. The van der Waals surface area contributed by atoms with Crippen LogP contribution in [0.1, 0.15) is 22.5 Å². The summed E-state index contributed by atoms with van der Waals surface area (Å²) in [7, 11) is 1.66. The number of halogens is 1. The van der Waals surface area contributed by atoms with Gasteiger partial charge in [0.15, 0.2) is 0 Å².